The summed E-state index contributed by atoms with van der Waals surface area (Å²) in [5.74, 6) is 0. The van der Waals surface area contributed by atoms with Crippen LogP contribution in [-0.2, 0) is 11.3 Å². The van der Waals surface area contributed by atoms with Gasteiger partial charge in [-0.3, -0.25) is 4.68 Å². The molecule has 0 radical (unpaired) electrons. The molecule has 7 nitrogen and oxygen atoms in total. The Morgan fingerprint density at radius 3 is 2.77 bits per heavy atom. The van der Waals surface area contributed by atoms with Gasteiger partial charge in [0.15, 0.2) is 6.23 Å². The van der Waals surface area contributed by atoms with E-state index in [0.717, 1.165) is 89.2 Å². The third-order valence-electron chi connectivity index (χ3n) is 8.02. The second-order valence-electron chi connectivity index (χ2n) is 10.8. The number of hydrogen-bond donors (Lipinski definition) is 1. The predicted octanol–water partition coefficient (Wildman–Crippen LogP) is 6.15. The van der Waals surface area contributed by atoms with E-state index in [1.807, 2.05) is 19.3 Å². The maximum atomic E-state index is 6.18. The number of aryl methyl sites for hydroxylation is 1. The van der Waals surface area contributed by atoms with Crippen LogP contribution in [0.3, 0.4) is 0 Å². The minimum atomic E-state index is -0.0550. The monoisotopic (exact) mass is 554 g/mol. The van der Waals surface area contributed by atoms with Crippen LogP contribution in [-0.4, -0.2) is 62.7 Å². The summed E-state index contributed by atoms with van der Waals surface area (Å²) in [6, 6.07) is 14.9. The zero-order chi connectivity index (χ0) is 27.3. The van der Waals surface area contributed by atoms with Crippen LogP contribution < -0.4 is 5.32 Å². The third-order valence-corrected chi connectivity index (χ3v) is 8.45. The Hall–Kier alpha value is -3.33. The summed E-state index contributed by atoms with van der Waals surface area (Å²) in [6.45, 7) is 5.37. The van der Waals surface area contributed by atoms with E-state index in [9.17, 15) is 0 Å². The summed E-state index contributed by atoms with van der Waals surface area (Å²) >= 11 is 5.60. The number of aromatic nitrogens is 4. The fraction of sp³-hybridized carbons (Fsp3) is 0.406. The molecule has 0 bridgehead atoms. The Kier molecular flexibility index (Phi) is 8.37. The number of benzene rings is 2. The van der Waals surface area contributed by atoms with Gasteiger partial charge in [-0.2, -0.15) is 10.2 Å². The minimum absolute atomic E-state index is 0.0550. The summed E-state index contributed by atoms with van der Waals surface area (Å²) in [4.78, 5) is 3.29. The van der Waals surface area contributed by atoms with Crippen molar-refractivity contribution in [2.45, 2.75) is 51.3 Å². The lowest BCUT2D eigenvalue weighted by Gasteiger charge is -2.23. The molecule has 8 heteroatoms. The molecule has 2 aromatic carbocycles. The molecule has 2 aliphatic heterocycles. The fourth-order valence-corrected chi connectivity index (χ4v) is 6.06. The van der Waals surface area contributed by atoms with Gasteiger partial charge in [0.2, 0.25) is 0 Å². The Morgan fingerprint density at radius 1 is 1.07 bits per heavy atom. The normalized spacial score (nSPS) is 18.2. The van der Waals surface area contributed by atoms with E-state index in [4.69, 9.17) is 22.1 Å². The molecule has 40 heavy (non-hydrogen) atoms. The van der Waals surface area contributed by atoms with E-state index in [2.05, 4.69) is 79.4 Å². The van der Waals surface area contributed by atoms with Crippen molar-refractivity contribution >= 4 is 40.3 Å². The van der Waals surface area contributed by atoms with E-state index in [1.165, 1.54) is 25.9 Å². The van der Waals surface area contributed by atoms with Crippen molar-refractivity contribution < 1.29 is 4.74 Å². The molecule has 2 aliphatic rings. The molecule has 4 aromatic rings. The van der Waals surface area contributed by atoms with Crippen molar-refractivity contribution in [2.24, 2.45) is 0 Å². The molecule has 6 rings (SSSR count). The highest BCUT2D eigenvalue weighted by Crippen LogP contribution is 2.33. The first-order valence-corrected chi connectivity index (χ1v) is 15.0. The predicted molar refractivity (Wildman–Crippen MR) is 166 cm³/mol. The van der Waals surface area contributed by atoms with Crippen molar-refractivity contribution in [1.82, 2.24) is 29.8 Å². The van der Waals surface area contributed by atoms with Crippen LogP contribution in [0.25, 0.3) is 34.2 Å². The molecule has 1 unspecified atom stereocenters. The van der Waals surface area contributed by atoms with Crippen LogP contribution in [0.15, 0.2) is 54.9 Å². The van der Waals surface area contributed by atoms with E-state index in [-0.39, 0.29) is 6.23 Å². The second kappa shape index (κ2) is 12.5. The van der Waals surface area contributed by atoms with E-state index in [1.54, 1.807) is 0 Å². The Morgan fingerprint density at radius 2 is 1.95 bits per heavy atom. The average Bonchev–Trinajstić information content (AvgIpc) is 3.77. The van der Waals surface area contributed by atoms with Gasteiger partial charge >= 0.3 is 0 Å². The summed E-state index contributed by atoms with van der Waals surface area (Å²) in [5, 5.41) is 13.9. The van der Waals surface area contributed by atoms with Gasteiger partial charge in [0.05, 0.1) is 17.4 Å². The number of likely N-dealkylation sites (tertiary alicyclic amines) is 1. The molecule has 2 fully saturated rings. The second-order valence-corrected chi connectivity index (χ2v) is 11.2. The molecule has 0 saturated carbocycles. The van der Waals surface area contributed by atoms with Crippen LogP contribution in [0, 0.1) is 0 Å². The van der Waals surface area contributed by atoms with Crippen molar-refractivity contribution in [3.8, 4) is 11.1 Å². The van der Waals surface area contributed by atoms with E-state index in [0.29, 0.717) is 0 Å². The zero-order valence-electron chi connectivity index (χ0n) is 23.3. The molecular formula is C32H38N6OS. The Labute approximate surface area is 241 Å². The summed E-state index contributed by atoms with van der Waals surface area (Å²) in [5.41, 5.74) is 6.35. The van der Waals surface area contributed by atoms with Gasteiger partial charge in [0, 0.05) is 42.9 Å². The van der Waals surface area contributed by atoms with Gasteiger partial charge in [-0.05, 0) is 93.6 Å². The summed E-state index contributed by atoms with van der Waals surface area (Å²) < 4.78 is 10.3. The molecule has 0 spiro atoms. The standard InChI is InChI=1S/C32H38N6OS/c1-33-32(40)27-10-3-2-9-26(27)25-13-14-28-29(35-38(30(28)21-25)31-11-4-7-20-39-31)15-12-24-22-34-37(23-24)19-8-18-36-16-5-6-17-36/h2-3,9-10,12-15,21-23,31H,4-8,11,16-20H2,1H3,(H,33,40)/b15-12+. The highest BCUT2D eigenvalue weighted by Gasteiger charge is 2.21. The van der Waals surface area contributed by atoms with Crippen LogP contribution >= 0.6 is 12.2 Å². The molecule has 2 aromatic heterocycles. The number of ether oxygens (including phenoxy) is 1. The molecule has 0 aliphatic carbocycles. The molecule has 0 amide bonds. The maximum Gasteiger partial charge on any atom is 0.150 e. The average molecular weight is 555 g/mol. The van der Waals surface area contributed by atoms with Gasteiger partial charge in [0.25, 0.3) is 0 Å². The van der Waals surface area contributed by atoms with Crippen LogP contribution in [0.1, 0.15) is 61.6 Å². The first-order valence-electron chi connectivity index (χ1n) is 14.6. The molecular weight excluding hydrogens is 516 g/mol. The Balaban J connectivity index is 1.28. The van der Waals surface area contributed by atoms with Crippen LogP contribution in [0.5, 0.6) is 0 Å². The molecule has 2 saturated heterocycles. The molecule has 4 heterocycles. The van der Waals surface area contributed by atoms with Crippen molar-refractivity contribution in [1.29, 1.82) is 0 Å². The van der Waals surface area contributed by atoms with E-state index >= 15 is 0 Å². The van der Waals surface area contributed by atoms with Crippen molar-refractivity contribution in [3.63, 3.8) is 0 Å². The van der Waals surface area contributed by atoms with Crippen molar-refractivity contribution in [3.05, 3.63) is 71.7 Å². The first-order chi connectivity index (χ1) is 19.7. The Bertz CT molecular complexity index is 1490. The minimum Gasteiger partial charge on any atom is -0.379 e. The first kappa shape index (κ1) is 26.9. The van der Waals surface area contributed by atoms with Gasteiger partial charge < -0.3 is 15.0 Å². The third kappa shape index (κ3) is 5.89. The maximum absolute atomic E-state index is 6.18. The lowest BCUT2D eigenvalue weighted by molar-refractivity contribution is -0.0367. The molecule has 208 valence electrons. The summed E-state index contributed by atoms with van der Waals surface area (Å²) in [6.07, 6.45) is 15.3. The number of hydrogen-bond acceptors (Lipinski definition) is 5. The number of nitrogens with one attached hydrogen (secondary N) is 1. The fourth-order valence-electron chi connectivity index (χ4n) is 5.88. The number of nitrogens with zero attached hydrogens (tertiary/aromatic N) is 5. The van der Waals surface area contributed by atoms with E-state index < -0.39 is 0 Å². The zero-order valence-corrected chi connectivity index (χ0v) is 24.1. The van der Waals surface area contributed by atoms with Gasteiger partial charge in [0.1, 0.15) is 4.99 Å². The number of rotatable bonds is 9. The lowest BCUT2D eigenvalue weighted by atomic mass is 9.98. The van der Waals surface area contributed by atoms with Gasteiger partial charge in [-0.25, -0.2) is 4.68 Å². The number of thiocarbonyl (C=S) groups is 1. The quantitative estimate of drug-likeness (QED) is 0.251. The highest BCUT2D eigenvalue weighted by atomic mass is 32.1. The lowest BCUT2D eigenvalue weighted by Crippen LogP contribution is -2.21. The highest BCUT2D eigenvalue weighted by molar-refractivity contribution is 7.80. The van der Waals surface area contributed by atoms with Gasteiger partial charge in [-0.1, -0.05) is 42.5 Å². The molecule has 1 atom stereocenters. The van der Waals surface area contributed by atoms with Crippen LogP contribution in [0.4, 0.5) is 0 Å². The summed E-state index contributed by atoms with van der Waals surface area (Å²) in [7, 11) is 1.87. The smallest absolute Gasteiger partial charge is 0.150 e. The largest absolute Gasteiger partial charge is 0.379 e. The topological polar surface area (TPSA) is 60.1 Å². The van der Waals surface area contributed by atoms with Crippen LogP contribution in [0.2, 0.25) is 0 Å². The van der Waals surface area contributed by atoms with Gasteiger partial charge in [-0.15, -0.1) is 0 Å². The molecule has 1 N–H and O–H groups in total. The SMILES string of the molecule is CNC(=S)c1ccccc1-c1ccc2c(/C=C/c3cnn(CCCN4CCCC4)c3)nn(C3CCCCO3)c2c1. The number of fused-ring (bicyclic) bond motifs is 1. The van der Waals surface area contributed by atoms with Crippen molar-refractivity contribution in [2.75, 3.05) is 33.3 Å².